The second-order valence-electron chi connectivity index (χ2n) is 8.91. The highest BCUT2D eigenvalue weighted by molar-refractivity contribution is 7.92. The molecule has 0 heterocycles. The number of carbonyl (C=O) groups excluding carboxylic acids is 2. The van der Waals surface area contributed by atoms with Crippen molar-refractivity contribution in [2.45, 2.75) is 40.3 Å². The van der Waals surface area contributed by atoms with Crippen LogP contribution in [0.1, 0.15) is 31.9 Å². The Labute approximate surface area is 207 Å². The first-order valence-electron chi connectivity index (χ1n) is 11.3. The van der Waals surface area contributed by atoms with Crippen molar-refractivity contribution in [3.63, 3.8) is 0 Å². The Balaban J connectivity index is 2.43. The van der Waals surface area contributed by atoms with Gasteiger partial charge in [0.25, 0.3) is 0 Å². The SMILES string of the molecule is COc1ccc(C)cc1N(CC(=O)N(Cc1ccc(F)cc1)[C@H](C)C(=O)NCC(C)C)S(C)(=O)=O. The van der Waals surface area contributed by atoms with Gasteiger partial charge in [-0.3, -0.25) is 13.9 Å². The van der Waals surface area contributed by atoms with Gasteiger partial charge in [-0.1, -0.05) is 32.0 Å². The number of aryl methyl sites for hydroxylation is 1. The lowest BCUT2D eigenvalue weighted by molar-refractivity contribution is -0.139. The van der Waals surface area contributed by atoms with Crippen LogP contribution in [-0.2, 0) is 26.2 Å². The summed E-state index contributed by atoms with van der Waals surface area (Å²) in [6.07, 6.45) is 1.01. The van der Waals surface area contributed by atoms with Crippen LogP contribution in [0.3, 0.4) is 0 Å². The molecule has 0 saturated heterocycles. The zero-order valence-corrected chi connectivity index (χ0v) is 21.9. The van der Waals surface area contributed by atoms with Gasteiger partial charge in [-0.15, -0.1) is 0 Å². The van der Waals surface area contributed by atoms with E-state index in [2.05, 4.69) is 5.32 Å². The summed E-state index contributed by atoms with van der Waals surface area (Å²) in [4.78, 5) is 27.7. The molecular weight excluding hydrogens is 473 g/mol. The Kier molecular flexibility index (Phi) is 9.64. The first-order valence-corrected chi connectivity index (χ1v) is 13.1. The third-order valence-corrected chi connectivity index (χ3v) is 6.53. The number of sulfonamides is 1. The van der Waals surface area contributed by atoms with Crippen LogP contribution in [0.15, 0.2) is 42.5 Å². The molecule has 8 nitrogen and oxygen atoms in total. The number of nitrogens with zero attached hydrogens (tertiary/aromatic N) is 2. The van der Waals surface area contributed by atoms with E-state index < -0.39 is 34.3 Å². The first kappa shape index (κ1) is 28.1. The van der Waals surface area contributed by atoms with Gasteiger partial charge in [-0.2, -0.15) is 0 Å². The second-order valence-corrected chi connectivity index (χ2v) is 10.8. The van der Waals surface area contributed by atoms with Crippen LogP contribution in [0, 0.1) is 18.7 Å². The maximum Gasteiger partial charge on any atom is 0.244 e. The Morgan fingerprint density at radius 2 is 1.71 bits per heavy atom. The van der Waals surface area contributed by atoms with Gasteiger partial charge < -0.3 is 15.0 Å². The number of carbonyl (C=O) groups is 2. The second kappa shape index (κ2) is 12.0. The van der Waals surface area contributed by atoms with Gasteiger partial charge in [0.15, 0.2) is 0 Å². The number of halogens is 1. The van der Waals surface area contributed by atoms with Gasteiger partial charge in [0.1, 0.15) is 24.2 Å². The minimum atomic E-state index is -3.89. The molecule has 35 heavy (non-hydrogen) atoms. The number of hydrogen-bond acceptors (Lipinski definition) is 5. The number of nitrogens with one attached hydrogen (secondary N) is 1. The molecular formula is C25H34FN3O5S. The molecule has 0 aromatic heterocycles. The van der Waals surface area contributed by atoms with Gasteiger partial charge >= 0.3 is 0 Å². The topological polar surface area (TPSA) is 96.0 Å². The number of rotatable bonds is 11. The Hall–Kier alpha value is -3.14. The monoisotopic (exact) mass is 507 g/mol. The molecule has 0 aliphatic rings. The highest BCUT2D eigenvalue weighted by atomic mass is 32.2. The summed E-state index contributed by atoms with van der Waals surface area (Å²) in [5, 5.41) is 2.81. The molecule has 0 unspecified atom stereocenters. The summed E-state index contributed by atoms with van der Waals surface area (Å²) in [6, 6.07) is 9.70. The minimum Gasteiger partial charge on any atom is -0.495 e. The van der Waals surface area contributed by atoms with Crippen LogP contribution in [0.25, 0.3) is 0 Å². The van der Waals surface area contributed by atoms with E-state index in [0.29, 0.717) is 17.9 Å². The predicted octanol–water partition coefficient (Wildman–Crippen LogP) is 3.10. The highest BCUT2D eigenvalue weighted by Gasteiger charge is 2.31. The third-order valence-electron chi connectivity index (χ3n) is 5.40. The average molecular weight is 508 g/mol. The van der Waals surface area contributed by atoms with E-state index in [1.807, 2.05) is 13.8 Å². The quantitative estimate of drug-likeness (QED) is 0.504. The highest BCUT2D eigenvalue weighted by Crippen LogP contribution is 2.31. The van der Waals surface area contributed by atoms with Crippen molar-refractivity contribution >= 4 is 27.5 Å². The van der Waals surface area contributed by atoms with Crippen molar-refractivity contribution in [3.8, 4) is 5.75 Å². The Morgan fingerprint density at radius 3 is 2.26 bits per heavy atom. The van der Waals surface area contributed by atoms with E-state index >= 15 is 0 Å². The van der Waals surface area contributed by atoms with Crippen molar-refractivity contribution in [1.82, 2.24) is 10.2 Å². The normalized spacial score (nSPS) is 12.2. The molecule has 0 fully saturated rings. The third kappa shape index (κ3) is 7.95. The molecule has 10 heteroatoms. The van der Waals surface area contributed by atoms with E-state index in [9.17, 15) is 22.4 Å². The summed E-state index contributed by atoms with van der Waals surface area (Å²) >= 11 is 0. The summed E-state index contributed by atoms with van der Waals surface area (Å²) in [5.41, 5.74) is 1.61. The van der Waals surface area contributed by atoms with Crippen LogP contribution in [0.2, 0.25) is 0 Å². The van der Waals surface area contributed by atoms with Gasteiger partial charge in [-0.25, -0.2) is 12.8 Å². The van der Waals surface area contributed by atoms with E-state index in [4.69, 9.17) is 4.74 Å². The van der Waals surface area contributed by atoms with Crippen LogP contribution in [-0.4, -0.2) is 57.6 Å². The molecule has 0 aliphatic carbocycles. The number of ether oxygens (including phenoxy) is 1. The van der Waals surface area contributed by atoms with Crippen molar-refractivity contribution in [3.05, 3.63) is 59.4 Å². The maximum atomic E-state index is 13.5. The molecule has 2 rings (SSSR count). The van der Waals surface area contributed by atoms with Crippen molar-refractivity contribution < 1.29 is 27.1 Å². The fourth-order valence-electron chi connectivity index (χ4n) is 3.41. The molecule has 1 atom stereocenters. The molecule has 0 aliphatic heterocycles. The standard InChI is InChI=1S/C25H34FN3O5S/c1-17(2)14-27-25(31)19(4)28(15-20-8-10-21(26)11-9-20)24(30)16-29(35(6,32)33)22-13-18(3)7-12-23(22)34-5/h7-13,17,19H,14-16H2,1-6H3,(H,27,31)/t19-/m1/s1. The number of methoxy groups -OCH3 is 1. The molecule has 0 saturated carbocycles. The molecule has 2 aromatic carbocycles. The number of amides is 2. The summed E-state index contributed by atoms with van der Waals surface area (Å²) < 4.78 is 45.2. The van der Waals surface area contributed by atoms with Crippen molar-refractivity contribution in [2.75, 3.05) is 30.8 Å². The van der Waals surface area contributed by atoms with E-state index in [0.717, 1.165) is 16.1 Å². The number of hydrogen-bond donors (Lipinski definition) is 1. The molecule has 192 valence electrons. The zero-order valence-electron chi connectivity index (χ0n) is 21.0. The van der Waals surface area contributed by atoms with Gasteiger partial charge in [0, 0.05) is 13.1 Å². The molecule has 0 spiro atoms. The number of benzene rings is 2. The van der Waals surface area contributed by atoms with Crippen molar-refractivity contribution in [1.29, 1.82) is 0 Å². The fraction of sp³-hybridized carbons (Fsp3) is 0.440. The minimum absolute atomic E-state index is 0.00205. The lowest BCUT2D eigenvalue weighted by Crippen LogP contribution is -2.51. The molecule has 0 radical (unpaired) electrons. The molecule has 0 bridgehead atoms. The van der Waals surface area contributed by atoms with E-state index in [1.54, 1.807) is 32.0 Å². The lowest BCUT2D eigenvalue weighted by Gasteiger charge is -2.32. The van der Waals surface area contributed by atoms with Gasteiger partial charge in [0.2, 0.25) is 21.8 Å². The molecule has 2 aromatic rings. The Morgan fingerprint density at radius 1 is 1.09 bits per heavy atom. The van der Waals surface area contributed by atoms with Crippen LogP contribution in [0.4, 0.5) is 10.1 Å². The van der Waals surface area contributed by atoms with Crippen LogP contribution >= 0.6 is 0 Å². The summed E-state index contributed by atoms with van der Waals surface area (Å²) in [5.74, 6) is -0.878. The Bertz CT molecular complexity index is 1140. The fourth-order valence-corrected chi connectivity index (χ4v) is 4.26. The first-order chi connectivity index (χ1) is 16.3. The summed E-state index contributed by atoms with van der Waals surface area (Å²) in [6.45, 7) is 7.16. The van der Waals surface area contributed by atoms with Gasteiger partial charge in [-0.05, 0) is 55.2 Å². The van der Waals surface area contributed by atoms with E-state index in [-0.39, 0.29) is 24.1 Å². The lowest BCUT2D eigenvalue weighted by atomic mass is 10.1. The van der Waals surface area contributed by atoms with E-state index in [1.165, 1.54) is 36.3 Å². The average Bonchev–Trinajstić information content (AvgIpc) is 2.79. The molecule has 2 amide bonds. The van der Waals surface area contributed by atoms with Crippen LogP contribution < -0.4 is 14.4 Å². The van der Waals surface area contributed by atoms with Gasteiger partial charge in [0.05, 0.1) is 19.1 Å². The predicted molar refractivity (Wildman–Crippen MR) is 134 cm³/mol. The largest absolute Gasteiger partial charge is 0.495 e. The summed E-state index contributed by atoms with van der Waals surface area (Å²) in [7, 11) is -2.47. The maximum absolute atomic E-state index is 13.5. The van der Waals surface area contributed by atoms with Crippen molar-refractivity contribution in [2.24, 2.45) is 5.92 Å². The molecule has 1 N–H and O–H groups in total. The smallest absolute Gasteiger partial charge is 0.244 e. The number of anilines is 1. The van der Waals surface area contributed by atoms with Crippen LogP contribution in [0.5, 0.6) is 5.75 Å². The zero-order chi connectivity index (χ0) is 26.3.